The van der Waals surface area contributed by atoms with E-state index in [2.05, 4.69) is 16.0 Å². The Bertz CT molecular complexity index is 1470. The fourth-order valence-electron chi connectivity index (χ4n) is 4.77. The Morgan fingerprint density at radius 2 is 1.73 bits per heavy atom. The monoisotopic (exact) mass is 550 g/mol. The maximum Gasteiger partial charge on any atom is 0.405 e. The fourth-order valence-corrected chi connectivity index (χ4v) is 4.77. The molecule has 3 amide bonds. The number of para-hydroxylation sites is 1. The molecule has 40 heavy (non-hydrogen) atoms. The second-order valence-corrected chi connectivity index (χ2v) is 8.95. The number of ether oxygens (including phenoxy) is 3. The topological polar surface area (TPSA) is 157 Å². The summed E-state index contributed by atoms with van der Waals surface area (Å²) in [6.45, 7) is 1.25. The number of carbonyl (C=O) groups excluding carboxylic acids is 3. The predicted octanol–water partition coefficient (Wildman–Crippen LogP) is 2.05. The minimum Gasteiger partial charge on any atom is -0.493 e. The van der Waals surface area contributed by atoms with Crippen molar-refractivity contribution in [2.75, 3.05) is 34.4 Å². The Kier molecular flexibility index (Phi) is 8.70. The number of amides is 3. The first-order valence-corrected chi connectivity index (χ1v) is 12.5. The third kappa shape index (κ3) is 5.61. The van der Waals surface area contributed by atoms with Gasteiger partial charge >= 0.3 is 6.09 Å². The van der Waals surface area contributed by atoms with Crippen LogP contribution in [0.25, 0.3) is 22.0 Å². The van der Waals surface area contributed by atoms with Crippen LogP contribution in [-0.2, 0) is 20.9 Å². The molecule has 12 nitrogen and oxygen atoms in total. The highest BCUT2D eigenvalue weighted by Gasteiger charge is 2.35. The highest BCUT2D eigenvalue weighted by molar-refractivity contribution is 6.50. The first-order valence-electron chi connectivity index (χ1n) is 12.5. The predicted molar refractivity (Wildman–Crippen MR) is 146 cm³/mol. The van der Waals surface area contributed by atoms with Crippen LogP contribution in [0.2, 0.25) is 0 Å². The average molecular weight is 551 g/mol. The molecule has 0 bridgehead atoms. The largest absolute Gasteiger partial charge is 0.493 e. The minimum absolute atomic E-state index is 0.167. The van der Waals surface area contributed by atoms with Crippen LogP contribution >= 0.6 is 0 Å². The SMILES string of the molecule is COc1cc(C2=C(c3cn(CCCNCC(C=O)NC(=O)O)c4ccccc34)C(=O)NC2=O)cc(OC)c1OC. The van der Waals surface area contributed by atoms with E-state index in [0.717, 1.165) is 10.9 Å². The molecule has 0 fully saturated rings. The summed E-state index contributed by atoms with van der Waals surface area (Å²) in [6.07, 6.45) is 1.77. The summed E-state index contributed by atoms with van der Waals surface area (Å²) < 4.78 is 18.3. The van der Waals surface area contributed by atoms with Gasteiger partial charge in [0, 0.05) is 35.8 Å². The fraction of sp³-hybridized carbons (Fsp3) is 0.286. The lowest BCUT2D eigenvalue weighted by molar-refractivity contribution is -0.122. The summed E-state index contributed by atoms with van der Waals surface area (Å²) in [6, 6.07) is 10.00. The van der Waals surface area contributed by atoms with E-state index in [9.17, 15) is 19.2 Å². The van der Waals surface area contributed by atoms with Gasteiger partial charge in [0.2, 0.25) is 5.75 Å². The molecule has 2 heterocycles. The van der Waals surface area contributed by atoms with Gasteiger partial charge in [-0.05, 0) is 36.7 Å². The molecule has 12 heteroatoms. The maximum absolute atomic E-state index is 13.1. The molecule has 0 spiro atoms. The van der Waals surface area contributed by atoms with Crippen molar-refractivity contribution in [3.63, 3.8) is 0 Å². The van der Waals surface area contributed by atoms with Gasteiger partial charge in [-0.25, -0.2) is 4.79 Å². The van der Waals surface area contributed by atoms with Crippen LogP contribution in [0.1, 0.15) is 17.5 Å². The van der Waals surface area contributed by atoms with Crippen molar-refractivity contribution in [3.8, 4) is 17.2 Å². The molecule has 4 rings (SSSR count). The van der Waals surface area contributed by atoms with Gasteiger partial charge in [-0.15, -0.1) is 0 Å². The molecule has 0 saturated heterocycles. The summed E-state index contributed by atoms with van der Waals surface area (Å²) in [7, 11) is 4.43. The number of carbonyl (C=O) groups is 4. The number of aromatic nitrogens is 1. The number of methoxy groups -OCH3 is 3. The van der Waals surface area contributed by atoms with Crippen molar-refractivity contribution in [1.82, 2.24) is 20.5 Å². The van der Waals surface area contributed by atoms with Crippen molar-refractivity contribution in [2.24, 2.45) is 0 Å². The summed E-state index contributed by atoms with van der Waals surface area (Å²) in [5.74, 6) is 0.0190. The minimum atomic E-state index is -1.26. The van der Waals surface area contributed by atoms with Crippen LogP contribution in [0.5, 0.6) is 17.2 Å². The molecule has 0 saturated carbocycles. The Hall–Kier alpha value is -4.84. The Morgan fingerprint density at radius 3 is 2.35 bits per heavy atom. The average Bonchev–Trinajstić information content (AvgIpc) is 3.46. The lowest BCUT2D eigenvalue weighted by Crippen LogP contribution is -2.42. The quantitative estimate of drug-likeness (QED) is 0.142. The van der Waals surface area contributed by atoms with Crippen molar-refractivity contribution in [2.45, 2.75) is 19.0 Å². The molecule has 1 atom stereocenters. The molecular formula is C28H30N4O8. The van der Waals surface area contributed by atoms with Gasteiger partial charge in [0.1, 0.15) is 12.3 Å². The molecule has 210 valence electrons. The Morgan fingerprint density at radius 1 is 1.05 bits per heavy atom. The van der Waals surface area contributed by atoms with Gasteiger partial charge in [-0.1, -0.05) is 18.2 Å². The van der Waals surface area contributed by atoms with Crippen LogP contribution in [-0.4, -0.2) is 74.3 Å². The summed E-state index contributed by atoms with van der Waals surface area (Å²) in [5.41, 5.74) is 2.34. The van der Waals surface area contributed by atoms with Gasteiger partial charge in [0.15, 0.2) is 11.5 Å². The molecule has 2 aromatic carbocycles. The molecular weight excluding hydrogens is 520 g/mol. The molecule has 1 unspecified atom stereocenters. The van der Waals surface area contributed by atoms with E-state index in [1.54, 1.807) is 12.1 Å². The number of rotatable bonds is 13. The number of imide groups is 1. The number of hydrogen-bond acceptors (Lipinski definition) is 8. The van der Waals surface area contributed by atoms with Gasteiger partial charge in [0.25, 0.3) is 11.8 Å². The van der Waals surface area contributed by atoms with Crippen LogP contribution in [0, 0.1) is 0 Å². The zero-order valence-electron chi connectivity index (χ0n) is 22.3. The van der Waals surface area contributed by atoms with Gasteiger partial charge in [0.05, 0.1) is 32.5 Å². The zero-order valence-corrected chi connectivity index (χ0v) is 22.3. The van der Waals surface area contributed by atoms with E-state index in [1.165, 1.54) is 21.3 Å². The third-order valence-corrected chi connectivity index (χ3v) is 6.53. The number of aryl methyl sites for hydroxylation is 1. The summed E-state index contributed by atoms with van der Waals surface area (Å²) in [4.78, 5) is 48.0. The van der Waals surface area contributed by atoms with Crippen molar-refractivity contribution < 1.29 is 38.5 Å². The zero-order chi connectivity index (χ0) is 28.8. The molecule has 0 aliphatic carbocycles. The number of nitrogens with zero attached hydrogens (tertiary/aromatic N) is 1. The van der Waals surface area contributed by atoms with E-state index in [0.29, 0.717) is 54.2 Å². The number of carboxylic acid groups (broad SMARTS) is 1. The van der Waals surface area contributed by atoms with Crippen LogP contribution < -0.4 is 30.2 Å². The molecule has 4 N–H and O–H groups in total. The second-order valence-electron chi connectivity index (χ2n) is 8.95. The molecule has 1 aromatic heterocycles. The number of nitrogens with one attached hydrogen (secondary N) is 3. The highest BCUT2D eigenvalue weighted by atomic mass is 16.5. The van der Waals surface area contributed by atoms with E-state index < -0.39 is 23.9 Å². The maximum atomic E-state index is 13.1. The Labute approximate surface area is 229 Å². The van der Waals surface area contributed by atoms with E-state index >= 15 is 0 Å². The van der Waals surface area contributed by atoms with Gasteiger partial charge in [-0.2, -0.15) is 0 Å². The van der Waals surface area contributed by atoms with E-state index in [1.807, 2.05) is 35.0 Å². The number of hydrogen-bond donors (Lipinski definition) is 4. The van der Waals surface area contributed by atoms with Crippen LogP contribution in [0.15, 0.2) is 42.6 Å². The van der Waals surface area contributed by atoms with Crippen LogP contribution in [0.4, 0.5) is 4.79 Å². The summed E-state index contributed by atoms with van der Waals surface area (Å²) >= 11 is 0. The summed E-state index contributed by atoms with van der Waals surface area (Å²) in [5, 5.41) is 17.2. The number of benzene rings is 2. The van der Waals surface area contributed by atoms with E-state index in [4.69, 9.17) is 19.3 Å². The standard InChI is InChI=1S/C28H30N4O8/c1-38-21-11-16(12-22(39-2)25(21)40-3)23-24(27(35)31-26(23)34)19-14-32(20-8-5-4-7-18(19)20)10-6-9-29-13-17(15-33)30-28(36)37/h4-5,7-8,11-12,14-15,17,29-30H,6,9-10,13H2,1-3H3,(H,36,37)(H,31,34,35). The third-order valence-electron chi connectivity index (χ3n) is 6.53. The molecule has 3 aromatic rings. The highest BCUT2D eigenvalue weighted by Crippen LogP contribution is 2.43. The number of fused-ring (bicyclic) bond motifs is 1. The number of aldehydes is 1. The van der Waals surface area contributed by atoms with Crippen LogP contribution in [0.3, 0.4) is 0 Å². The van der Waals surface area contributed by atoms with Gasteiger partial charge < -0.3 is 39.3 Å². The van der Waals surface area contributed by atoms with Crippen molar-refractivity contribution in [1.29, 1.82) is 0 Å². The normalized spacial score (nSPS) is 13.8. The second kappa shape index (κ2) is 12.3. The lowest BCUT2D eigenvalue weighted by Gasteiger charge is -2.14. The van der Waals surface area contributed by atoms with Gasteiger partial charge in [-0.3, -0.25) is 14.9 Å². The molecule has 1 aliphatic rings. The van der Waals surface area contributed by atoms with Crippen molar-refractivity contribution in [3.05, 3.63) is 53.7 Å². The van der Waals surface area contributed by atoms with Crippen molar-refractivity contribution >= 4 is 46.2 Å². The Balaban J connectivity index is 1.68. The molecule has 0 radical (unpaired) electrons. The first-order chi connectivity index (χ1) is 19.3. The smallest absolute Gasteiger partial charge is 0.405 e. The molecule has 1 aliphatic heterocycles. The van der Waals surface area contributed by atoms with E-state index in [-0.39, 0.29) is 17.7 Å². The first kappa shape index (κ1) is 28.2. The lowest BCUT2D eigenvalue weighted by atomic mass is 9.95.